The van der Waals surface area contributed by atoms with E-state index in [0.29, 0.717) is 0 Å². The van der Waals surface area contributed by atoms with Gasteiger partial charge in [0.25, 0.3) is 0 Å². The van der Waals surface area contributed by atoms with Crippen molar-refractivity contribution in [2.75, 3.05) is 0 Å². The average molecular weight is 573 g/mol. The molecule has 0 unspecified atom stereocenters. The van der Waals surface area contributed by atoms with Gasteiger partial charge in [0.1, 0.15) is 0 Å². The van der Waals surface area contributed by atoms with Crippen molar-refractivity contribution in [3.05, 3.63) is 168 Å². The molecular weight excluding hydrogens is 548 g/mol. The van der Waals surface area contributed by atoms with Crippen molar-refractivity contribution >= 4 is 22.1 Å². The Bertz CT molecular complexity index is 2340. The number of pyridine rings is 4. The molecule has 2 aliphatic carbocycles. The topological polar surface area (TPSA) is 51.6 Å². The van der Waals surface area contributed by atoms with Crippen molar-refractivity contribution in [1.82, 2.24) is 19.9 Å². The van der Waals surface area contributed by atoms with E-state index in [-0.39, 0.29) is 0 Å². The van der Waals surface area contributed by atoms with E-state index in [4.69, 9.17) is 9.97 Å². The van der Waals surface area contributed by atoms with E-state index in [1.165, 1.54) is 44.5 Å². The molecule has 0 atom stereocenters. The van der Waals surface area contributed by atoms with Crippen LogP contribution in [0.15, 0.2) is 146 Å². The Labute approximate surface area is 259 Å². The summed E-state index contributed by atoms with van der Waals surface area (Å²) in [6.45, 7) is 0. The molecule has 1 spiro atoms. The van der Waals surface area contributed by atoms with E-state index in [2.05, 4.69) is 131 Å². The van der Waals surface area contributed by atoms with Gasteiger partial charge in [-0.15, -0.1) is 0 Å². The Balaban J connectivity index is 1.26. The van der Waals surface area contributed by atoms with Crippen molar-refractivity contribution in [2.45, 2.75) is 5.41 Å². The lowest BCUT2D eigenvalue weighted by molar-refractivity contribution is 0.794. The lowest BCUT2D eigenvalue weighted by Crippen LogP contribution is -2.26. The van der Waals surface area contributed by atoms with Crippen LogP contribution in [0.1, 0.15) is 22.3 Å². The first-order chi connectivity index (χ1) is 22.3. The highest BCUT2D eigenvalue weighted by Crippen LogP contribution is 2.63. The highest BCUT2D eigenvalue weighted by atomic mass is 14.8. The summed E-state index contributed by atoms with van der Waals surface area (Å²) >= 11 is 0. The molecule has 0 radical (unpaired) electrons. The highest BCUT2D eigenvalue weighted by Gasteiger charge is 2.51. The fourth-order valence-corrected chi connectivity index (χ4v) is 7.69. The smallest absolute Gasteiger partial charge is 0.159 e. The fraction of sp³-hybridized carbons (Fsp3) is 0.0244. The second kappa shape index (κ2) is 9.01. The SMILES string of the molecule is c1ccc2c(c1)-c1ccc(-c3ccc4cccnc4n3)cc1C21c2ccccc2-c2ccc(-c3ccc4cccnc4n3)cc21. The summed E-state index contributed by atoms with van der Waals surface area (Å²) in [4.78, 5) is 19.0. The minimum Gasteiger partial charge on any atom is -0.237 e. The van der Waals surface area contributed by atoms with Crippen LogP contribution in [0.25, 0.3) is 66.8 Å². The Morgan fingerprint density at radius 3 is 1.36 bits per heavy atom. The molecule has 4 heteroatoms. The zero-order valence-corrected chi connectivity index (χ0v) is 24.1. The maximum absolute atomic E-state index is 4.98. The first-order valence-electron chi connectivity index (χ1n) is 15.2. The maximum atomic E-state index is 4.98. The molecule has 0 saturated heterocycles. The molecule has 4 heterocycles. The molecule has 4 aromatic heterocycles. The summed E-state index contributed by atoms with van der Waals surface area (Å²) in [7, 11) is 0. The van der Waals surface area contributed by atoms with Gasteiger partial charge in [0, 0.05) is 34.3 Å². The van der Waals surface area contributed by atoms with E-state index in [1.54, 1.807) is 12.4 Å². The summed E-state index contributed by atoms with van der Waals surface area (Å²) in [6, 6.07) is 47.9. The van der Waals surface area contributed by atoms with Crippen molar-refractivity contribution in [3.63, 3.8) is 0 Å². The third kappa shape index (κ3) is 3.31. The Morgan fingerprint density at radius 1 is 0.378 bits per heavy atom. The van der Waals surface area contributed by atoms with Crippen LogP contribution in [0.4, 0.5) is 0 Å². The van der Waals surface area contributed by atoms with Crippen LogP contribution >= 0.6 is 0 Å². The van der Waals surface area contributed by atoms with Gasteiger partial charge in [-0.1, -0.05) is 72.8 Å². The van der Waals surface area contributed by atoms with Crippen LogP contribution in [0, 0.1) is 0 Å². The van der Waals surface area contributed by atoms with Crippen LogP contribution in [0.3, 0.4) is 0 Å². The normalized spacial score (nSPS) is 13.5. The van der Waals surface area contributed by atoms with E-state index < -0.39 is 5.41 Å². The summed E-state index contributed by atoms with van der Waals surface area (Å²) in [5.74, 6) is 0. The number of fused-ring (bicyclic) bond motifs is 12. The van der Waals surface area contributed by atoms with Gasteiger partial charge in [-0.25, -0.2) is 19.9 Å². The minimum atomic E-state index is -0.478. The quantitative estimate of drug-likeness (QED) is 0.207. The highest BCUT2D eigenvalue weighted by molar-refractivity contribution is 5.97. The van der Waals surface area contributed by atoms with Gasteiger partial charge in [0.2, 0.25) is 0 Å². The average Bonchev–Trinajstić information content (AvgIpc) is 3.58. The summed E-state index contributed by atoms with van der Waals surface area (Å²) in [6.07, 6.45) is 3.61. The van der Waals surface area contributed by atoms with Crippen molar-refractivity contribution < 1.29 is 0 Å². The van der Waals surface area contributed by atoms with Crippen LogP contribution in [0.5, 0.6) is 0 Å². The van der Waals surface area contributed by atoms with E-state index >= 15 is 0 Å². The number of hydrogen-bond acceptors (Lipinski definition) is 4. The second-order valence-electron chi connectivity index (χ2n) is 11.9. The fourth-order valence-electron chi connectivity index (χ4n) is 7.69. The molecule has 0 N–H and O–H groups in total. The van der Waals surface area contributed by atoms with Crippen LogP contribution in [-0.4, -0.2) is 19.9 Å². The van der Waals surface area contributed by atoms with Gasteiger partial charge in [-0.2, -0.15) is 0 Å². The largest absolute Gasteiger partial charge is 0.237 e. The molecule has 10 rings (SSSR count). The standard InChI is InChI=1S/C41H24N4/c1-3-11-33-29(9-1)31-17-13-27(37-19-15-25-7-5-21-42-39(25)44-37)23-35(31)41(33)34-12-4-2-10-30(34)32-18-14-28(24-36(32)41)38-20-16-26-8-6-22-43-40(26)45-38/h1-24H. The molecule has 4 aromatic carbocycles. The zero-order valence-electron chi connectivity index (χ0n) is 24.1. The number of nitrogens with zero attached hydrogens (tertiary/aromatic N) is 4. The van der Waals surface area contributed by atoms with Crippen molar-refractivity contribution in [2.24, 2.45) is 0 Å². The first kappa shape index (κ1) is 24.4. The van der Waals surface area contributed by atoms with E-state index in [1.807, 2.05) is 12.1 Å². The summed E-state index contributed by atoms with van der Waals surface area (Å²) in [5.41, 5.74) is 15.3. The van der Waals surface area contributed by atoms with Gasteiger partial charge < -0.3 is 0 Å². The van der Waals surface area contributed by atoms with Crippen LogP contribution < -0.4 is 0 Å². The lowest BCUT2D eigenvalue weighted by atomic mass is 9.70. The first-order valence-corrected chi connectivity index (χ1v) is 15.2. The number of rotatable bonds is 2. The monoisotopic (exact) mass is 572 g/mol. The second-order valence-corrected chi connectivity index (χ2v) is 11.9. The Kier molecular flexibility index (Phi) is 4.89. The third-order valence-corrected chi connectivity index (χ3v) is 9.61. The lowest BCUT2D eigenvalue weighted by Gasteiger charge is -2.31. The van der Waals surface area contributed by atoms with Crippen molar-refractivity contribution in [3.8, 4) is 44.8 Å². The van der Waals surface area contributed by atoms with E-state index in [9.17, 15) is 0 Å². The molecule has 0 saturated carbocycles. The molecule has 4 nitrogen and oxygen atoms in total. The van der Waals surface area contributed by atoms with Gasteiger partial charge in [-0.05, 0) is 105 Å². The molecular formula is C41H24N4. The van der Waals surface area contributed by atoms with Crippen molar-refractivity contribution in [1.29, 1.82) is 0 Å². The van der Waals surface area contributed by atoms with Gasteiger partial charge in [-0.3, -0.25) is 0 Å². The number of aromatic nitrogens is 4. The predicted octanol–water partition coefficient (Wildman–Crippen LogP) is 9.25. The Morgan fingerprint density at radius 2 is 0.844 bits per heavy atom. The van der Waals surface area contributed by atoms with Gasteiger partial charge in [0.05, 0.1) is 16.8 Å². The molecule has 208 valence electrons. The number of hydrogen-bond donors (Lipinski definition) is 0. The van der Waals surface area contributed by atoms with Gasteiger partial charge >= 0.3 is 0 Å². The minimum absolute atomic E-state index is 0.478. The summed E-state index contributed by atoms with van der Waals surface area (Å²) in [5, 5.41) is 2.07. The number of benzene rings is 4. The van der Waals surface area contributed by atoms with Crippen LogP contribution in [0.2, 0.25) is 0 Å². The summed E-state index contributed by atoms with van der Waals surface area (Å²) < 4.78 is 0. The third-order valence-electron chi connectivity index (χ3n) is 9.61. The molecule has 8 aromatic rings. The molecule has 0 aliphatic heterocycles. The molecule has 2 aliphatic rings. The molecule has 0 fully saturated rings. The predicted molar refractivity (Wildman–Crippen MR) is 180 cm³/mol. The van der Waals surface area contributed by atoms with Crippen LogP contribution in [-0.2, 0) is 5.41 Å². The molecule has 0 bridgehead atoms. The Hall–Kier alpha value is -6.00. The molecule has 45 heavy (non-hydrogen) atoms. The molecule has 0 amide bonds. The maximum Gasteiger partial charge on any atom is 0.159 e. The van der Waals surface area contributed by atoms with Gasteiger partial charge in [0.15, 0.2) is 11.3 Å². The zero-order chi connectivity index (χ0) is 29.5. The van der Waals surface area contributed by atoms with E-state index in [0.717, 1.165) is 44.6 Å².